The summed E-state index contributed by atoms with van der Waals surface area (Å²) in [5.74, 6) is 0. The number of aryl methyl sites for hydroxylation is 4. The van der Waals surface area contributed by atoms with Gasteiger partial charge >= 0.3 is 12.4 Å². The number of rotatable bonds is 2. The van der Waals surface area contributed by atoms with Crippen LogP contribution in [-0.2, 0) is 5.41 Å². The molecule has 2 rings (SSSR count). The van der Waals surface area contributed by atoms with Gasteiger partial charge < -0.3 is 11.5 Å². The van der Waals surface area contributed by atoms with E-state index >= 15 is 0 Å². The summed E-state index contributed by atoms with van der Waals surface area (Å²) in [5, 5.41) is 0. The fraction of sp³-hybridized carbons (Fsp3) is 0.368. The summed E-state index contributed by atoms with van der Waals surface area (Å²) < 4.78 is 85.1. The Bertz CT molecular complexity index is 761. The third-order valence-corrected chi connectivity index (χ3v) is 4.90. The van der Waals surface area contributed by atoms with Crippen LogP contribution in [0.4, 0.5) is 37.7 Å². The molecule has 0 aliphatic carbocycles. The van der Waals surface area contributed by atoms with Gasteiger partial charge in [-0.1, -0.05) is 24.3 Å². The van der Waals surface area contributed by atoms with E-state index in [9.17, 15) is 26.3 Å². The van der Waals surface area contributed by atoms with Gasteiger partial charge in [-0.3, -0.25) is 0 Å². The summed E-state index contributed by atoms with van der Waals surface area (Å²) in [7, 11) is 0. The Morgan fingerprint density at radius 1 is 0.556 bits per heavy atom. The van der Waals surface area contributed by atoms with E-state index in [1.54, 1.807) is 0 Å². The van der Waals surface area contributed by atoms with E-state index in [1.807, 2.05) is 0 Å². The molecular weight excluding hydrogens is 370 g/mol. The van der Waals surface area contributed by atoms with Crippen LogP contribution in [0.15, 0.2) is 24.3 Å². The molecule has 0 saturated heterocycles. The largest absolute Gasteiger partial charge is 0.411 e. The summed E-state index contributed by atoms with van der Waals surface area (Å²) in [6.07, 6.45) is -11.3. The molecule has 0 bridgehead atoms. The Labute approximate surface area is 153 Å². The van der Waals surface area contributed by atoms with Gasteiger partial charge in [-0.05, 0) is 61.1 Å². The second kappa shape index (κ2) is 6.35. The summed E-state index contributed by atoms with van der Waals surface area (Å²) in [5.41, 5.74) is 6.32. The first kappa shape index (κ1) is 20.9. The van der Waals surface area contributed by atoms with Crippen molar-refractivity contribution in [1.82, 2.24) is 0 Å². The van der Waals surface area contributed by atoms with Gasteiger partial charge in [0.05, 0.1) is 0 Å². The van der Waals surface area contributed by atoms with Crippen molar-refractivity contribution in [3.05, 3.63) is 57.6 Å². The molecule has 0 aliphatic rings. The lowest BCUT2D eigenvalue weighted by molar-refractivity contribution is -0.288. The van der Waals surface area contributed by atoms with E-state index in [0.29, 0.717) is 0 Å². The number of hydrogen-bond acceptors (Lipinski definition) is 2. The van der Waals surface area contributed by atoms with Crippen LogP contribution in [0.5, 0.6) is 0 Å². The average molecular weight is 390 g/mol. The van der Waals surface area contributed by atoms with E-state index in [2.05, 4.69) is 0 Å². The molecular formula is C19H20F6N2. The van der Waals surface area contributed by atoms with Crippen LogP contribution in [0.25, 0.3) is 0 Å². The molecule has 0 atom stereocenters. The standard InChI is InChI=1S/C19H20F6N2/c1-9-5-13(6-10(2)15(9)26)17(18(20,21)22,19(23,24)25)14-7-11(3)16(27)12(4)8-14/h5-8H,26-27H2,1-4H3. The Balaban J connectivity index is 3.06. The Morgan fingerprint density at radius 3 is 0.963 bits per heavy atom. The number of alkyl halides is 6. The normalized spacial score (nSPS) is 13.1. The lowest BCUT2D eigenvalue weighted by Gasteiger charge is -2.39. The molecule has 2 aromatic carbocycles. The van der Waals surface area contributed by atoms with Gasteiger partial charge in [-0.25, -0.2) is 0 Å². The topological polar surface area (TPSA) is 52.0 Å². The molecule has 0 radical (unpaired) electrons. The van der Waals surface area contributed by atoms with Gasteiger partial charge in [0.2, 0.25) is 5.41 Å². The first-order valence-corrected chi connectivity index (χ1v) is 8.02. The smallest absolute Gasteiger partial charge is 0.398 e. The summed E-state index contributed by atoms with van der Waals surface area (Å²) >= 11 is 0. The SMILES string of the molecule is Cc1cc(C(c2cc(C)c(N)c(C)c2)(C(F)(F)F)C(F)(F)F)cc(C)c1N. The van der Waals surface area contributed by atoms with Crippen molar-refractivity contribution in [2.45, 2.75) is 45.5 Å². The monoisotopic (exact) mass is 390 g/mol. The minimum absolute atomic E-state index is 0.145. The molecule has 2 aromatic rings. The van der Waals surface area contributed by atoms with Gasteiger partial charge in [-0.15, -0.1) is 0 Å². The zero-order valence-corrected chi connectivity index (χ0v) is 15.2. The van der Waals surface area contributed by atoms with Crippen LogP contribution in [0, 0.1) is 27.7 Å². The van der Waals surface area contributed by atoms with Crippen LogP contribution in [0.1, 0.15) is 33.4 Å². The van der Waals surface area contributed by atoms with E-state index < -0.39 is 28.9 Å². The molecule has 4 N–H and O–H groups in total. The highest BCUT2D eigenvalue weighted by Crippen LogP contribution is 2.57. The van der Waals surface area contributed by atoms with Gasteiger partial charge in [0.15, 0.2) is 0 Å². The predicted octanol–water partition coefficient (Wildman–Crippen LogP) is 5.50. The van der Waals surface area contributed by atoms with Crippen LogP contribution in [-0.4, -0.2) is 12.4 Å². The molecule has 0 amide bonds. The van der Waals surface area contributed by atoms with E-state index in [1.165, 1.54) is 27.7 Å². The number of hydrogen-bond donors (Lipinski definition) is 2. The molecule has 8 heteroatoms. The quantitative estimate of drug-likeness (QED) is 0.526. The van der Waals surface area contributed by atoms with Gasteiger partial charge in [0, 0.05) is 11.4 Å². The number of nitrogen functional groups attached to an aromatic ring is 2. The maximum Gasteiger partial charge on any atom is 0.411 e. The van der Waals surface area contributed by atoms with E-state index in [-0.39, 0.29) is 33.6 Å². The fourth-order valence-corrected chi connectivity index (χ4v) is 3.36. The second-order valence-electron chi connectivity index (χ2n) is 6.79. The third kappa shape index (κ3) is 3.11. The number of anilines is 2. The lowest BCUT2D eigenvalue weighted by atomic mass is 9.71. The maximum atomic E-state index is 14.2. The molecule has 2 nitrogen and oxygen atoms in total. The van der Waals surface area contributed by atoms with Crippen molar-refractivity contribution in [3.8, 4) is 0 Å². The molecule has 0 heterocycles. The van der Waals surface area contributed by atoms with Crippen LogP contribution >= 0.6 is 0 Å². The number of nitrogens with two attached hydrogens (primary N) is 2. The number of benzene rings is 2. The highest BCUT2D eigenvalue weighted by atomic mass is 19.4. The summed E-state index contributed by atoms with van der Waals surface area (Å²) in [6, 6.07) is 3.41. The van der Waals surface area contributed by atoms with Gasteiger partial charge in [0.1, 0.15) is 0 Å². The predicted molar refractivity (Wildman–Crippen MR) is 93.5 cm³/mol. The van der Waals surface area contributed by atoms with Crippen molar-refractivity contribution in [1.29, 1.82) is 0 Å². The van der Waals surface area contributed by atoms with Crippen LogP contribution in [0.2, 0.25) is 0 Å². The zero-order valence-electron chi connectivity index (χ0n) is 15.2. The van der Waals surface area contributed by atoms with E-state index in [4.69, 9.17) is 11.5 Å². The lowest BCUT2D eigenvalue weighted by Crippen LogP contribution is -2.55. The Kier molecular flexibility index (Phi) is 4.92. The zero-order chi connectivity index (χ0) is 20.9. The van der Waals surface area contributed by atoms with E-state index in [0.717, 1.165) is 24.3 Å². The molecule has 0 aromatic heterocycles. The highest BCUT2D eigenvalue weighted by Gasteiger charge is 2.72. The van der Waals surface area contributed by atoms with Crippen LogP contribution < -0.4 is 11.5 Å². The van der Waals surface area contributed by atoms with Crippen LogP contribution in [0.3, 0.4) is 0 Å². The minimum atomic E-state index is -5.64. The Hall–Kier alpha value is -2.38. The van der Waals surface area contributed by atoms with Crippen molar-refractivity contribution < 1.29 is 26.3 Å². The minimum Gasteiger partial charge on any atom is -0.398 e. The maximum absolute atomic E-state index is 14.2. The van der Waals surface area contributed by atoms with Crippen molar-refractivity contribution in [2.75, 3.05) is 11.5 Å². The van der Waals surface area contributed by atoms with Gasteiger partial charge in [0.25, 0.3) is 0 Å². The fourth-order valence-electron chi connectivity index (χ4n) is 3.36. The van der Waals surface area contributed by atoms with Crippen molar-refractivity contribution in [3.63, 3.8) is 0 Å². The molecule has 27 heavy (non-hydrogen) atoms. The summed E-state index contributed by atoms with van der Waals surface area (Å²) in [4.78, 5) is 0. The second-order valence-corrected chi connectivity index (χ2v) is 6.79. The third-order valence-electron chi connectivity index (χ3n) is 4.90. The summed E-state index contributed by atoms with van der Waals surface area (Å²) in [6.45, 7) is 5.51. The molecule has 148 valence electrons. The average Bonchev–Trinajstić information content (AvgIpc) is 2.47. The molecule has 0 spiro atoms. The first-order chi connectivity index (χ1) is 12.1. The number of halogens is 6. The van der Waals surface area contributed by atoms with Gasteiger partial charge in [-0.2, -0.15) is 26.3 Å². The molecule has 0 unspecified atom stereocenters. The van der Waals surface area contributed by atoms with Crippen molar-refractivity contribution >= 4 is 11.4 Å². The molecule has 0 fully saturated rings. The Morgan fingerprint density at radius 2 is 0.778 bits per heavy atom. The van der Waals surface area contributed by atoms with Crippen molar-refractivity contribution in [2.24, 2.45) is 0 Å². The first-order valence-electron chi connectivity index (χ1n) is 8.02. The molecule has 0 aliphatic heterocycles. The highest BCUT2D eigenvalue weighted by molar-refractivity contribution is 5.61. The molecule has 0 saturated carbocycles.